The van der Waals surface area contributed by atoms with Gasteiger partial charge in [0.05, 0.1) is 25.7 Å². The minimum Gasteiger partial charge on any atom is -0.493 e. The third-order valence-corrected chi connectivity index (χ3v) is 5.55. The Morgan fingerprint density at radius 1 is 1.14 bits per heavy atom. The molecule has 150 valence electrons. The molecule has 1 amide bonds. The van der Waals surface area contributed by atoms with Gasteiger partial charge in [0, 0.05) is 43.8 Å². The summed E-state index contributed by atoms with van der Waals surface area (Å²) in [7, 11) is 3.22. The summed E-state index contributed by atoms with van der Waals surface area (Å²) >= 11 is 0. The number of carbonyl (C=O) groups excluding carboxylic acids is 1. The monoisotopic (exact) mass is 386 g/mol. The van der Waals surface area contributed by atoms with Crippen molar-refractivity contribution in [3.63, 3.8) is 0 Å². The Balaban J connectivity index is 1.51. The zero-order valence-electron chi connectivity index (χ0n) is 16.3. The number of hydrogen-bond acceptors (Lipinski definition) is 7. The molecular weight excluding hydrogens is 360 g/mol. The van der Waals surface area contributed by atoms with Crippen LogP contribution in [0.3, 0.4) is 0 Å². The Hall–Kier alpha value is -2.61. The molecule has 8 heteroatoms. The number of hydrogen-bond donors (Lipinski definition) is 1. The average Bonchev–Trinajstić information content (AvgIpc) is 3.23. The van der Waals surface area contributed by atoms with E-state index in [0.717, 1.165) is 55.7 Å². The Morgan fingerprint density at radius 2 is 1.89 bits per heavy atom. The highest BCUT2D eigenvalue weighted by molar-refractivity contribution is 5.92. The standard InChI is InChI=1S/C20H26N4O4/c1-26-17-9-15-16(10-18(17)27-2)21-12-22-19(15)24-6-3-13(11-24)20(25)23-14-4-7-28-8-5-14/h9-10,12-14H,3-8,11H2,1-2H3,(H,23,25). The van der Waals surface area contributed by atoms with E-state index in [2.05, 4.69) is 20.2 Å². The number of aromatic nitrogens is 2. The van der Waals surface area contributed by atoms with Crippen molar-refractivity contribution in [1.82, 2.24) is 15.3 Å². The molecule has 28 heavy (non-hydrogen) atoms. The van der Waals surface area contributed by atoms with Crippen LogP contribution in [-0.2, 0) is 9.53 Å². The summed E-state index contributed by atoms with van der Waals surface area (Å²) in [5.41, 5.74) is 0.790. The molecule has 1 atom stereocenters. The van der Waals surface area contributed by atoms with Gasteiger partial charge >= 0.3 is 0 Å². The zero-order chi connectivity index (χ0) is 19.5. The normalized spacial score (nSPS) is 20.4. The van der Waals surface area contributed by atoms with Gasteiger partial charge in [0.2, 0.25) is 5.91 Å². The first kappa shape index (κ1) is 18.7. The van der Waals surface area contributed by atoms with Crippen LogP contribution >= 0.6 is 0 Å². The molecule has 0 spiro atoms. The molecule has 0 bridgehead atoms. The van der Waals surface area contributed by atoms with Gasteiger partial charge < -0.3 is 24.4 Å². The van der Waals surface area contributed by atoms with Crippen molar-refractivity contribution in [1.29, 1.82) is 0 Å². The van der Waals surface area contributed by atoms with Crippen LogP contribution in [0.4, 0.5) is 5.82 Å². The Kier molecular flexibility index (Phi) is 5.47. The summed E-state index contributed by atoms with van der Waals surface area (Å²) < 4.78 is 16.2. The molecule has 2 aliphatic rings. The second-order valence-corrected chi connectivity index (χ2v) is 7.25. The second-order valence-electron chi connectivity index (χ2n) is 7.25. The maximum absolute atomic E-state index is 12.7. The van der Waals surface area contributed by atoms with Gasteiger partial charge in [0.1, 0.15) is 12.1 Å². The number of nitrogens with zero attached hydrogens (tertiary/aromatic N) is 3. The lowest BCUT2D eigenvalue weighted by molar-refractivity contribution is -0.125. The first-order valence-electron chi connectivity index (χ1n) is 9.69. The Morgan fingerprint density at radius 3 is 2.64 bits per heavy atom. The molecule has 2 fully saturated rings. The van der Waals surface area contributed by atoms with Crippen molar-refractivity contribution >= 4 is 22.6 Å². The minimum atomic E-state index is -0.0343. The fourth-order valence-corrected chi connectivity index (χ4v) is 3.95. The van der Waals surface area contributed by atoms with Crippen LogP contribution in [0.1, 0.15) is 19.3 Å². The number of methoxy groups -OCH3 is 2. The fraction of sp³-hybridized carbons (Fsp3) is 0.550. The van der Waals surface area contributed by atoms with Gasteiger partial charge in [-0.3, -0.25) is 4.79 Å². The quantitative estimate of drug-likeness (QED) is 0.838. The molecule has 3 heterocycles. The molecule has 0 saturated carbocycles. The van der Waals surface area contributed by atoms with Crippen LogP contribution in [0.15, 0.2) is 18.5 Å². The van der Waals surface area contributed by atoms with Crippen molar-refractivity contribution in [3.05, 3.63) is 18.5 Å². The molecule has 0 aliphatic carbocycles. The van der Waals surface area contributed by atoms with Crippen molar-refractivity contribution < 1.29 is 19.0 Å². The number of anilines is 1. The summed E-state index contributed by atoms with van der Waals surface area (Å²) in [5.74, 6) is 2.20. The average molecular weight is 386 g/mol. The van der Waals surface area contributed by atoms with Gasteiger partial charge in [-0.1, -0.05) is 0 Å². The topological polar surface area (TPSA) is 85.8 Å². The number of ether oxygens (including phenoxy) is 3. The van der Waals surface area contributed by atoms with Crippen molar-refractivity contribution in [2.75, 3.05) is 45.4 Å². The lowest BCUT2D eigenvalue weighted by Crippen LogP contribution is -2.42. The number of rotatable bonds is 5. The maximum Gasteiger partial charge on any atom is 0.225 e. The summed E-state index contributed by atoms with van der Waals surface area (Å²) in [6.07, 6.45) is 4.15. The minimum absolute atomic E-state index is 0.0343. The third-order valence-electron chi connectivity index (χ3n) is 5.55. The van der Waals surface area contributed by atoms with Gasteiger partial charge in [-0.25, -0.2) is 9.97 Å². The molecular formula is C20H26N4O4. The summed E-state index contributed by atoms with van der Waals surface area (Å²) in [4.78, 5) is 23.7. The number of nitrogens with one attached hydrogen (secondary N) is 1. The molecule has 2 saturated heterocycles. The highest BCUT2D eigenvalue weighted by Gasteiger charge is 2.31. The lowest BCUT2D eigenvalue weighted by Gasteiger charge is -2.25. The van der Waals surface area contributed by atoms with E-state index in [1.54, 1.807) is 20.5 Å². The molecule has 1 N–H and O–H groups in total. The van der Waals surface area contributed by atoms with Gasteiger partial charge in [-0.15, -0.1) is 0 Å². The van der Waals surface area contributed by atoms with Crippen LogP contribution in [-0.4, -0.2) is 62.4 Å². The second kappa shape index (κ2) is 8.18. The molecule has 2 aliphatic heterocycles. The van der Waals surface area contributed by atoms with Gasteiger partial charge in [-0.2, -0.15) is 0 Å². The number of fused-ring (bicyclic) bond motifs is 1. The fourth-order valence-electron chi connectivity index (χ4n) is 3.95. The van der Waals surface area contributed by atoms with Crippen molar-refractivity contribution in [3.8, 4) is 11.5 Å². The van der Waals surface area contributed by atoms with Gasteiger partial charge in [0.15, 0.2) is 11.5 Å². The van der Waals surface area contributed by atoms with Crippen LogP contribution in [0.25, 0.3) is 10.9 Å². The molecule has 2 aromatic rings. The van der Waals surface area contributed by atoms with E-state index in [1.165, 1.54) is 0 Å². The van der Waals surface area contributed by atoms with E-state index in [0.29, 0.717) is 18.0 Å². The van der Waals surface area contributed by atoms with Crippen molar-refractivity contribution in [2.45, 2.75) is 25.3 Å². The van der Waals surface area contributed by atoms with E-state index < -0.39 is 0 Å². The summed E-state index contributed by atoms with van der Waals surface area (Å²) in [5, 5.41) is 4.08. The van der Waals surface area contributed by atoms with Crippen LogP contribution < -0.4 is 19.7 Å². The van der Waals surface area contributed by atoms with E-state index in [1.807, 2.05) is 12.1 Å². The molecule has 1 unspecified atom stereocenters. The largest absolute Gasteiger partial charge is 0.493 e. The first-order valence-corrected chi connectivity index (χ1v) is 9.69. The van der Waals surface area contributed by atoms with E-state index in [4.69, 9.17) is 14.2 Å². The Labute approximate surface area is 164 Å². The predicted octanol–water partition coefficient (Wildman–Crippen LogP) is 1.77. The van der Waals surface area contributed by atoms with E-state index in [9.17, 15) is 4.79 Å². The van der Waals surface area contributed by atoms with Gasteiger partial charge in [0.25, 0.3) is 0 Å². The molecule has 1 aromatic heterocycles. The summed E-state index contributed by atoms with van der Waals surface area (Å²) in [6, 6.07) is 3.98. The SMILES string of the molecule is COc1cc2ncnc(N3CCC(C(=O)NC4CCOCC4)C3)c2cc1OC. The number of benzene rings is 1. The van der Waals surface area contributed by atoms with E-state index >= 15 is 0 Å². The highest BCUT2D eigenvalue weighted by atomic mass is 16.5. The first-order chi connectivity index (χ1) is 13.7. The smallest absolute Gasteiger partial charge is 0.225 e. The zero-order valence-corrected chi connectivity index (χ0v) is 16.3. The van der Waals surface area contributed by atoms with Crippen molar-refractivity contribution in [2.24, 2.45) is 5.92 Å². The third kappa shape index (κ3) is 3.69. The van der Waals surface area contributed by atoms with E-state index in [-0.39, 0.29) is 17.9 Å². The highest BCUT2D eigenvalue weighted by Crippen LogP contribution is 2.36. The van der Waals surface area contributed by atoms with Crippen LogP contribution in [0.5, 0.6) is 11.5 Å². The molecule has 0 radical (unpaired) electrons. The lowest BCUT2D eigenvalue weighted by atomic mass is 10.1. The summed E-state index contributed by atoms with van der Waals surface area (Å²) in [6.45, 7) is 2.88. The predicted molar refractivity (Wildman–Crippen MR) is 105 cm³/mol. The van der Waals surface area contributed by atoms with Crippen LogP contribution in [0.2, 0.25) is 0 Å². The van der Waals surface area contributed by atoms with Gasteiger partial charge in [-0.05, 0) is 25.3 Å². The Bertz CT molecular complexity index is 853. The molecule has 8 nitrogen and oxygen atoms in total. The maximum atomic E-state index is 12.7. The molecule has 4 rings (SSSR count). The van der Waals surface area contributed by atoms with Crippen LogP contribution in [0, 0.1) is 5.92 Å². The molecule has 1 aromatic carbocycles. The number of amides is 1. The number of carbonyl (C=O) groups is 1.